The lowest BCUT2D eigenvalue weighted by Gasteiger charge is -2.36. The second-order valence-electron chi connectivity index (χ2n) is 5.47. The van der Waals surface area contributed by atoms with E-state index in [-0.39, 0.29) is 12.5 Å². The van der Waals surface area contributed by atoms with E-state index in [0.29, 0.717) is 0 Å². The maximum Gasteiger partial charge on any atom is 0.323 e. The summed E-state index contributed by atoms with van der Waals surface area (Å²) in [6.07, 6.45) is 0. The Morgan fingerprint density at radius 1 is 1.44 bits per heavy atom. The number of nitrogens with zero attached hydrogens (tertiary/aromatic N) is 1. The van der Waals surface area contributed by atoms with Gasteiger partial charge in [0.15, 0.2) is 0 Å². The van der Waals surface area contributed by atoms with E-state index < -0.39 is 29.6 Å². The number of piperazine rings is 1. The van der Waals surface area contributed by atoms with Crippen molar-refractivity contribution in [2.45, 2.75) is 52.3 Å². The summed E-state index contributed by atoms with van der Waals surface area (Å²) >= 11 is 0. The summed E-state index contributed by atoms with van der Waals surface area (Å²) in [4.78, 5) is 36.3. The molecule has 1 N–H and O–H groups in total. The van der Waals surface area contributed by atoms with E-state index in [2.05, 4.69) is 5.32 Å². The SMILES string of the molecule is CC1C(=O)NC(=O)CN1C(C)C(=O)OC(C)(C)C. The second-order valence-corrected chi connectivity index (χ2v) is 5.47. The van der Waals surface area contributed by atoms with Crippen LogP contribution in [0.25, 0.3) is 0 Å². The van der Waals surface area contributed by atoms with Crippen LogP contribution in [0.3, 0.4) is 0 Å². The molecular formula is C12H20N2O4. The van der Waals surface area contributed by atoms with Gasteiger partial charge in [0.2, 0.25) is 11.8 Å². The first-order valence-electron chi connectivity index (χ1n) is 5.94. The van der Waals surface area contributed by atoms with Crippen LogP contribution in [0.5, 0.6) is 0 Å². The summed E-state index contributed by atoms with van der Waals surface area (Å²) < 4.78 is 5.25. The molecule has 1 fully saturated rings. The number of ether oxygens (including phenoxy) is 1. The summed E-state index contributed by atoms with van der Waals surface area (Å²) in [6.45, 7) is 8.63. The Labute approximate surface area is 107 Å². The van der Waals surface area contributed by atoms with Crippen molar-refractivity contribution in [2.24, 2.45) is 0 Å². The fourth-order valence-electron chi connectivity index (χ4n) is 1.73. The van der Waals surface area contributed by atoms with Gasteiger partial charge in [-0.05, 0) is 34.6 Å². The van der Waals surface area contributed by atoms with Gasteiger partial charge in [-0.2, -0.15) is 0 Å². The third-order valence-corrected chi connectivity index (χ3v) is 2.71. The number of nitrogens with one attached hydrogen (secondary N) is 1. The molecule has 2 amide bonds. The van der Waals surface area contributed by atoms with Crippen LogP contribution in [0.2, 0.25) is 0 Å². The highest BCUT2D eigenvalue weighted by Crippen LogP contribution is 2.15. The zero-order valence-corrected chi connectivity index (χ0v) is 11.4. The number of imide groups is 1. The zero-order valence-electron chi connectivity index (χ0n) is 11.4. The third-order valence-electron chi connectivity index (χ3n) is 2.71. The molecule has 0 aliphatic carbocycles. The molecule has 1 aliphatic heterocycles. The Morgan fingerprint density at radius 3 is 2.50 bits per heavy atom. The topological polar surface area (TPSA) is 75.7 Å². The van der Waals surface area contributed by atoms with Gasteiger partial charge >= 0.3 is 5.97 Å². The molecule has 2 unspecified atom stereocenters. The highest BCUT2D eigenvalue weighted by molar-refractivity contribution is 6.01. The van der Waals surface area contributed by atoms with Crippen LogP contribution in [-0.4, -0.2) is 46.9 Å². The minimum Gasteiger partial charge on any atom is -0.459 e. The number of carbonyl (C=O) groups excluding carboxylic acids is 3. The number of rotatable bonds is 2. The fourth-order valence-corrected chi connectivity index (χ4v) is 1.73. The molecule has 1 rings (SSSR count). The highest BCUT2D eigenvalue weighted by Gasteiger charge is 2.37. The summed E-state index contributed by atoms with van der Waals surface area (Å²) in [5.41, 5.74) is -0.587. The molecular weight excluding hydrogens is 236 g/mol. The largest absolute Gasteiger partial charge is 0.459 e. The molecule has 0 aromatic carbocycles. The van der Waals surface area contributed by atoms with E-state index in [0.717, 1.165) is 0 Å². The third kappa shape index (κ3) is 3.53. The molecule has 6 heteroatoms. The highest BCUT2D eigenvalue weighted by atomic mass is 16.6. The molecule has 0 aromatic heterocycles. The lowest BCUT2D eigenvalue weighted by molar-refractivity contribution is -0.163. The standard InChI is InChI=1S/C12H20N2O4/c1-7-10(16)13-9(15)6-14(7)8(2)11(17)18-12(3,4)5/h7-8H,6H2,1-5H3,(H,13,15,16). The van der Waals surface area contributed by atoms with E-state index in [1.54, 1.807) is 34.6 Å². The summed E-state index contributed by atoms with van der Waals surface area (Å²) in [7, 11) is 0. The van der Waals surface area contributed by atoms with Crippen molar-refractivity contribution < 1.29 is 19.1 Å². The minimum absolute atomic E-state index is 0.0211. The van der Waals surface area contributed by atoms with Crippen LogP contribution >= 0.6 is 0 Å². The van der Waals surface area contributed by atoms with Gasteiger partial charge in [-0.25, -0.2) is 0 Å². The predicted molar refractivity (Wildman–Crippen MR) is 64.6 cm³/mol. The average molecular weight is 256 g/mol. The van der Waals surface area contributed by atoms with Crippen molar-refractivity contribution in [1.82, 2.24) is 10.2 Å². The van der Waals surface area contributed by atoms with Gasteiger partial charge < -0.3 is 4.74 Å². The van der Waals surface area contributed by atoms with Crippen molar-refractivity contribution in [3.8, 4) is 0 Å². The molecule has 1 heterocycles. The van der Waals surface area contributed by atoms with E-state index in [9.17, 15) is 14.4 Å². The molecule has 102 valence electrons. The van der Waals surface area contributed by atoms with Gasteiger partial charge in [0.25, 0.3) is 0 Å². The lowest BCUT2D eigenvalue weighted by Crippen LogP contribution is -2.61. The molecule has 18 heavy (non-hydrogen) atoms. The summed E-state index contributed by atoms with van der Waals surface area (Å²) in [6, 6.07) is -1.15. The Kier molecular flexibility index (Phi) is 4.11. The first-order chi connectivity index (χ1) is 8.11. The molecule has 0 aromatic rings. The van der Waals surface area contributed by atoms with E-state index in [1.807, 2.05) is 0 Å². The van der Waals surface area contributed by atoms with Crippen LogP contribution in [0.4, 0.5) is 0 Å². The number of carbonyl (C=O) groups is 3. The summed E-state index contributed by atoms with van der Waals surface area (Å²) in [5.74, 6) is -1.22. The molecule has 1 saturated heterocycles. The van der Waals surface area contributed by atoms with Gasteiger partial charge in [-0.3, -0.25) is 24.6 Å². The average Bonchev–Trinajstić information content (AvgIpc) is 2.19. The van der Waals surface area contributed by atoms with Gasteiger partial charge in [0.1, 0.15) is 11.6 Å². The number of hydrogen-bond acceptors (Lipinski definition) is 5. The minimum atomic E-state index is -0.630. The van der Waals surface area contributed by atoms with E-state index in [1.165, 1.54) is 4.90 Å². The van der Waals surface area contributed by atoms with Crippen LogP contribution in [-0.2, 0) is 19.1 Å². The Bertz CT molecular complexity index is 373. The van der Waals surface area contributed by atoms with Gasteiger partial charge in [-0.1, -0.05) is 0 Å². The zero-order chi connectivity index (χ0) is 14.1. The molecule has 0 saturated carbocycles. The molecule has 1 aliphatic rings. The van der Waals surface area contributed by atoms with Gasteiger partial charge in [-0.15, -0.1) is 0 Å². The molecule has 0 radical (unpaired) electrons. The Morgan fingerprint density at radius 2 is 2.00 bits per heavy atom. The molecule has 6 nitrogen and oxygen atoms in total. The molecule has 0 spiro atoms. The number of hydrogen-bond donors (Lipinski definition) is 1. The maximum absolute atomic E-state index is 11.9. The molecule has 0 bridgehead atoms. The maximum atomic E-state index is 11.9. The van der Waals surface area contributed by atoms with Gasteiger partial charge in [0.05, 0.1) is 12.6 Å². The monoisotopic (exact) mass is 256 g/mol. The normalized spacial score (nSPS) is 23.5. The molecule has 2 atom stereocenters. The van der Waals surface area contributed by atoms with Crippen molar-refractivity contribution in [3.63, 3.8) is 0 Å². The van der Waals surface area contributed by atoms with Gasteiger partial charge in [0, 0.05) is 0 Å². The van der Waals surface area contributed by atoms with Crippen molar-refractivity contribution in [1.29, 1.82) is 0 Å². The quantitative estimate of drug-likeness (QED) is 0.558. The summed E-state index contributed by atoms with van der Waals surface area (Å²) in [5, 5.41) is 2.23. The predicted octanol–water partition coefficient (Wildman–Crippen LogP) is 0.0635. The smallest absolute Gasteiger partial charge is 0.323 e. The van der Waals surface area contributed by atoms with Crippen LogP contribution in [0.1, 0.15) is 34.6 Å². The van der Waals surface area contributed by atoms with Crippen LogP contribution in [0, 0.1) is 0 Å². The fraction of sp³-hybridized carbons (Fsp3) is 0.750. The van der Waals surface area contributed by atoms with E-state index in [4.69, 9.17) is 4.74 Å². The number of esters is 1. The van der Waals surface area contributed by atoms with Crippen molar-refractivity contribution in [2.75, 3.05) is 6.54 Å². The first-order valence-corrected chi connectivity index (χ1v) is 5.94. The van der Waals surface area contributed by atoms with E-state index >= 15 is 0 Å². The Hall–Kier alpha value is -1.43. The van der Waals surface area contributed by atoms with Crippen molar-refractivity contribution >= 4 is 17.8 Å². The lowest BCUT2D eigenvalue weighted by atomic mass is 10.1. The van der Waals surface area contributed by atoms with Crippen molar-refractivity contribution in [3.05, 3.63) is 0 Å². The Balaban J connectivity index is 2.76. The van der Waals surface area contributed by atoms with Crippen LogP contribution < -0.4 is 5.32 Å². The first kappa shape index (κ1) is 14.6. The second kappa shape index (κ2) is 5.06. The van der Waals surface area contributed by atoms with Crippen LogP contribution in [0.15, 0.2) is 0 Å². The number of amides is 2.